The Balaban J connectivity index is 2.09. The molecule has 32 heavy (non-hydrogen) atoms. The van der Waals surface area contributed by atoms with Gasteiger partial charge < -0.3 is 29.6 Å². The maximum atomic E-state index is 11.8. The number of ether oxygens (including phenoxy) is 4. The lowest BCUT2D eigenvalue weighted by atomic mass is 9.81. The van der Waals surface area contributed by atoms with Gasteiger partial charge in [-0.1, -0.05) is 19.6 Å². The fourth-order valence-corrected chi connectivity index (χ4v) is 3.27. The lowest BCUT2D eigenvalue weighted by molar-refractivity contribution is -0.139. The maximum absolute atomic E-state index is 11.8. The van der Waals surface area contributed by atoms with Crippen molar-refractivity contribution < 1.29 is 38.1 Å². The zero-order valence-corrected chi connectivity index (χ0v) is 18.5. The summed E-state index contributed by atoms with van der Waals surface area (Å²) in [5.41, 5.74) is 0. The van der Waals surface area contributed by atoms with Crippen LogP contribution in [0.3, 0.4) is 0 Å². The highest BCUT2D eigenvalue weighted by Gasteiger charge is 2.23. The molecule has 0 spiro atoms. The summed E-state index contributed by atoms with van der Waals surface area (Å²) in [6, 6.07) is 0. The molecule has 0 aromatic rings. The maximum Gasteiger partial charge on any atom is 0.407 e. The van der Waals surface area contributed by atoms with E-state index < -0.39 is 24.1 Å². The molecule has 1 fully saturated rings. The van der Waals surface area contributed by atoms with E-state index in [0.29, 0.717) is 37.8 Å². The molecule has 2 amide bonds. The number of amides is 2. The second-order valence-corrected chi connectivity index (χ2v) is 7.38. The first-order valence-corrected chi connectivity index (χ1v) is 10.8. The van der Waals surface area contributed by atoms with Gasteiger partial charge in [0.15, 0.2) is 0 Å². The number of hydrogen-bond donors (Lipinski definition) is 2. The molecule has 10 nitrogen and oxygen atoms in total. The van der Waals surface area contributed by atoms with Crippen LogP contribution in [-0.4, -0.2) is 63.6 Å². The number of carbonyl (C=O) groups is 4. The monoisotopic (exact) mass is 454 g/mol. The predicted octanol–water partition coefficient (Wildman–Crippen LogP) is 2.48. The fourth-order valence-electron chi connectivity index (χ4n) is 3.27. The van der Waals surface area contributed by atoms with Gasteiger partial charge in [0.1, 0.15) is 13.2 Å². The molecule has 0 aromatic heterocycles. The van der Waals surface area contributed by atoms with Crippen LogP contribution in [0.4, 0.5) is 9.59 Å². The van der Waals surface area contributed by atoms with E-state index in [0.717, 1.165) is 37.8 Å². The highest BCUT2D eigenvalue weighted by atomic mass is 16.6. The van der Waals surface area contributed by atoms with Gasteiger partial charge in [-0.3, -0.25) is 0 Å². The van der Waals surface area contributed by atoms with Crippen molar-refractivity contribution in [2.75, 3.05) is 39.5 Å². The first-order chi connectivity index (χ1) is 15.4. The van der Waals surface area contributed by atoms with E-state index in [-0.39, 0.29) is 26.4 Å². The summed E-state index contributed by atoms with van der Waals surface area (Å²) in [5.74, 6) is -0.411. The summed E-state index contributed by atoms with van der Waals surface area (Å²) in [7, 11) is 0. The first-order valence-electron chi connectivity index (χ1n) is 10.8. The van der Waals surface area contributed by atoms with Crippen molar-refractivity contribution >= 4 is 24.1 Å². The normalized spacial score (nSPS) is 17.4. The summed E-state index contributed by atoms with van der Waals surface area (Å²) < 4.78 is 19.6. The van der Waals surface area contributed by atoms with E-state index in [4.69, 9.17) is 18.9 Å². The van der Waals surface area contributed by atoms with Crippen molar-refractivity contribution in [2.24, 2.45) is 11.8 Å². The van der Waals surface area contributed by atoms with Gasteiger partial charge in [-0.15, -0.1) is 0 Å². The summed E-state index contributed by atoms with van der Waals surface area (Å²) in [6.45, 7) is 8.07. The molecule has 2 atom stereocenters. The fraction of sp³-hybridized carbons (Fsp3) is 0.636. The number of esters is 2. The third kappa shape index (κ3) is 13.3. The zero-order valence-electron chi connectivity index (χ0n) is 18.5. The second-order valence-electron chi connectivity index (χ2n) is 7.38. The van der Waals surface area contributed by atoms with E-state index in [1.165, 1.54) is 0 Å². The summed E-state index contributed by atoms with van der Waals surface area (Å²) in [5, 5.41) is 5.51. The van der Waals surface area contributed by atoms with Gasteiger partial charge in [0.05, 0.1) is 13.2 Å². The molecular formula is C22H34N2O8. The molecule has 2 N–H and O–H groups in total. The smallest absolute Gasteiger partial charge is 0.407 e. The molecule has 0 heterocycles. The molecule has 180 valence electrons. The number of carbonyl (C=O) groups excluding carboxylic acids is 4. The minimum Gasteiger partial charge on any atom is -0.463 e. The van der Waals surface area contributed by atoms with Crippen LogP contribution in [-0.2, 0) is 28.5 Å². The molecule has 0 aliphatic heterocycles. The average molecular weight is 455 g/mol. The van der Waals surface area contributed by atoms with Crippen LogP contribution in [0.2, 0.25) is 0 Å². The molecule has 1 saturated carbocycles. The highest BCUT2D eigenvalue weighted by molar-refractivity contribution is 5.81. The standard InChI is InChI=1S/C22H34N2O8/c1-3-19(25)29-10-5-6-11-31-21(27)23-15-17-8-7-9-18(14-17)16-24-22(28)32-13-12-30-20(26)4-2/h3-4,17-18H,1-2,5-16H2,(H,23,27)(H,24,28). The summed E-state index contributed by atoms with van der Waals surface area (Å²) >= 11 is 0. The molecule has 0 saturated heterocycles. The van der Waals surface area contributed by atoms with Crippen LogP contribution in [0.1, 0.15) is 38.5 Å². The largest absolute Gasteiger partial charge is 0.463 e. The van der Waals surface area contributed by atoms with Gasteiger partial charge >= 0.3 is 24.1 Å². The minimum absolute atomic E-state index is 0.0195. The number of rotatable bonds is 14. The Morgan fingerprint density at radius 3 is 1.69 bits per heavy atom. The van der Waals surface area contributed by atoms with Gasteiger partial charge in [0.25, 0.3) is 0 Å². The van der Waals surface area contributed by atoms with E-state index in [1.54, 1.807) is 0 Å². The van der Waals surface area contributed by atoms with Crippen molar-refractivity contribution in [1.82, 2.24) is 10.6 Å². The second kappa shape index (κ2) is 16.6. The van der Waals surface area contributed by atoms with Crippen LogP contribution < -0.4 is 10.6 Å². The molecule has 1 aliphatic rings. The lowest BCUT2D eigenvalue weighted by Crippen LogP contribution is -2.36. The topological polar surface area (TPSA) is 129 Å². The molecular weight excluding hydrogens is 420 g/mol. The molecule has 0 bridgehead atoms. The summed E-state index contributed by atoms with van der Waals surface area (Å²) in [4.78, 5) is 45.3. The SMILES string of the molecule is C=CC(=O)OCCCCOC(=O)NCC1CCCC(CNC(=O)OCCOC(=O)C=C)C1. The van der Waals surface area contributed by atoms with Gasteiger partial charge in [-0.2, -0.15) is 0 Å². The number of nitrogens with one attached hydrogen (secondary N) is 2. The van der Waals surface area contributed by atoms with Gasteiger partial charge in [-0.25, -0.2) is 19.2 Å². The Kier molecular flexibility index (Phi) is 14.0. The van der Waals surface area contributed by atoms with Crippen LogP contribution in [0.5, 0.6) is 0 Å². The summed E-state index contributed by atoms with van der Waals surface area (Å²) in [6.07, 6.45) is 6.23. The highest BCUT2D eigenvalue weighted by Crippen LogP contribution is 2.28. The van der Waals surface area contributed by atoms with Crippen molar-refractivity contribution in [3.63, 3.8) is 0 Å². The third-order valence-electron chi connectivity index (χ3n) is 4.87. The van der Waals surface area contributed by atoms with Crippen molar-refractivity contribution in [1.29, 1.82) is 0 Å². The van der Waals surface area contributed by atoms with Crippen molar-refractivity contribution in [3.05, 3.63) is 25.3 Å². The van der Waals surface area contributed by atoms with Gasteiger partial charge in [0, 0.05) is 25.2 Å². The van der Waals surface area contributed by atoms with Crippen molar-refractivity contribution in [2.45, 2.75) is 38.5 Å². The molecule has 0 aromatic carbocycles. The molecule has 1 rings (SSSR count). The average Bonchev–Trinajstić information content (AvgIpc) is 2.81. The number of hydrogen-bond acceptors (Lipinski definition) is 8. The van der Waals surface area contributed by atoms with E-state index in [9.17, 15) is 19.2 Å². The van der Waals surface area contributed by atoms with Crippen LogP contribution in [0.25, 0.3) is 0 Å². The van der Waals surface area contributed by atoms with E-state index in [1.807, 2.05) is 0 Å². The Labute approximate surface area is 188 Å². The Morgan fingerprint density at radius 2 is 1.16 bits per heavy atom. The Bertz CT molecular complexity index is 637. The minimum atomic E-state index is -0.564. The van der Waals surface area contributed by atoms with Crippen LogP contribution in [0.15, 0.2) is 25.3 Å². The number of alkyl carbamates (subject to hydrolysis) is 2. The van der Waals surface area contributed by atoms with Gasteiger partial charge in [0.2, 0.25) is 0 Å². The third-order valence-corrected chi connectivity index (χ3v) is 4.87. The molecule has 10 heteroatoms. The lowest BCUT2D eigenvalue weighted by Gasteiger charge is -2.29. The Morgan fingerprint density at radius 1 is 0.719 bits per heavy atom. The zero-order chi connectivity index (χ0) is 23.6. The molecule has 2 unspecified atom stereocenters. The van der Waals surface area contributed by atoms with Crippen LogP contribution in [0, 0.1) is 11.8 Å². The molecule has 1 aliphatic carbocycles. The van der Waals surface area contributed by atoms with Crippen LogP contribution >= 0.6 is 0 Å². The van der Waals surface area contributed by atoms with E-state index in [2.05, 4.69) is 23.8 Å². The Hall–Kier alpha value is -3.04. The number of unbranched alkanes of at least 4 members (excludes halogenated alkanes) is 1. The predicted molar refractivity (Wildman–Crippen MR) is 116 cm³/mol. The first kappa shape index (κ1) is 27.0. The van der Waals surface area contributed by atoms with Crippen molar-refractivity contribution in [3.8, 4) is 0 Å². The van der Waals surface area contributed by atoms with E-state index >= 15 is 0 Å². The van der Waals surface area contributed by atoms with Gasteiger partial charge in [-0.05, 0) is 43.9 Å². The molecule has 0 radical (unpaired) electrons. The quantitative estimate of drug-likeness (QED) is 0.177.